The summed E-state index contributed by atoms with van der Waals surface area (Å²) < 4.78 is 35.4. The number of hydrogen-bond donors (Lipinski definition) is 5. The van der Waals surface area contributed by atoms with Crippen LogP contribution < -0.4 is 36.5 Å². The Morgan fingerprint density at radius 3 is 2.23 bits per heavy atom. The Morgan fingerprint density at radius 1 is 0.875 bits per heavy atom. The van der Waals surface area contributed by atoms with Crippen molar-refractivity contribution in [1.29, 1.82) is 0 Å². The summed E-state index contributed by atoms with van der Waals surface area (Å²) in [5, 5.41) is 12.2. The molecule has 6 N–H and O–H groups in total. The van der Waals surface area contributed by atoms with Crippen LogP contribution in [0.3, 0.4) is 0 Å². The van der Waals surface area contributed by atoms with Crippen molar-refractivity contribution in [2.45, 2.75) is 32.3 Å². The summed E-state index contributed by atoms with van der Waals surface area (Å²) in [6, 6.07) is 7.56. The summed E-state index contributed by atoms with van der Waals surface area (Å²) in [5.41, 5.74) is 6.10. The van der Waals surface area contributed by atoms with E-state index in [2.05, 4.69) is 21.3 Å². The summed E-state index contributed by atoms with van der Waals surface area (Å²) in [4.78, 5) is 24.8. The second-order valence-corrected chi connectivity index (χ2v) is 8.85. The van der Waals surface area contributed by atoms with Crippen molar-refractivity contribution in [3.63, 3.8) is 0 Å². The van der Waals surface area contributed by atoms with Crippen LogP contribution in [-0.2, 0) is 16.1 Å². The zero-order valence-electron chi connectivity index (χ0n) is 23.6. The van der Waals surface area contributed by atoms with Gasteiger partial charge in [0.2, 0.25) is 0 Å². The van der Waals surface area contributed by atoms with Gasteiger partial charge in [0.1, 0.15) is 12.4 Å². The van der Waals surface area contributed by atoms with E-state index in [0.29, 0.717) is 30.2 Å². The number of ether oxygens (including phenoxy) is 4. The molecular formula is C28H42FN5O6. The van der Waals surface area contributed by atoms with Gasteiger partial charge in [-0.2, -0.15) is 0 Å². The highest BCUT2D eigenvalue weighted by atomic mass is 19.1. The van der Waals surface area contributed by atoms with Crippen LogP contribution in [0.1, 0.15) is 41.6 Å². The van der Waals surface area contributed by atoms with Crippen LogP contribution in [0.25, 0.3) is 0 Å². The van der Waals surface area contributed by atoms with Crippen molar-refractivity contribution in [3.05, 3.63) is 47.3 Å². The van der Waals surface area contributed by atoms with Crippen molar-refractivity contribution >= 4 is 23.4 Å². The number of amides is 1. The predicted molar refractivity (Wildman–Crippen MR) is 153 cm³/mol. The van der Waals surface area contributed by atoms with Gasteiger partial charge >= 0.3 is 12.1 Å². The van der Waals surface area contributed by atoms with E-state index in [1.165, 1.54) is 27.4 Å². The minimum absolute atomic E-state index is 0.0524. The van der Waals surface area contributed by atoms with Crippen molar-refractivity contribution in [1.82, 2.24) is 10.6 Å². The summed E-state index contributed by atoms with van der Waals surface area (Å²) >= 11 is 0. The zero-order valence-corrected chi connectivity index (χ0v) is 23.6. The van der Waals surface area contributed by atoms with Gasteiger partial charge in [-0.15, -0.1) is 0 Å². The van der Waals surface area contributed by atoms with Gasteiger partial charge in [-0.25, -0.2) is 14.0 Å². The number of nitrogens with one attached hydrogen (secondary N) is 4. The maximum Gasteiger partial charge on any atom is 0.411 e. The standard InChI is InChI=1S/C28H42FN5O6/c1-37-25-10-6-9-20(26(25)38-2)19-40-28(36)34-23-18-24(22(29)17-21(23)27(35)39-3)33-16-8-15-32-13-5-4-12-31-14-7-11-30/h6,9-10,17-18,31-33H,4-5,7-8,11-16,19,30H2,1-3H3,(H,34,36). The maximum atomic E-state index is 14.7. The molecule has 0 aliphatic carbocycles. The first-order valence-electron chi connectivity index (χ1n) is 13.4. The molecule has 0 bridgehead atoms. The molecule has 0 fully saturated rings. The van der Waals surface area contributed by atoms with E-state index in [0.717, 1.165) is 57.9 Å². The van der Waals surface area contributed by atoms with E-state index in [4.69, 9.17) is 24.7 Å². The number of hydrogen-bond acceptors (Lipinski definition) is 10. The Hall–Kier alpha value is -3.61. The van der Waals surface area contributed by atoms with Gasteiger partial charge in [-0.05, 0) is 76.6 Å². The molecule has 12 heteroatoms. The number of esters is 1. The van der Waals surface area contributed by atoms with E-state index >= 15 is 0 Å². The van der Waals surface area contributed by atoms with Crippen molar-refractivity contribution in [2.24, 2.45) is 5.73 Å². The average molecular weight is 564 g/mol. The van der Waals surface area contributed by atoms with Crippen molar-refractivity contribution in [3.8, 4) is 11.5 Å². The monoisotopic (exact) mass is 563 g/mol. The third kappa shape index (κ3) is 10.9. The first kappa shape index (κ1) is 32.6. The van der Waals surface area contributed by atoms with Crippen LogP contribution >= 0.6 is 0 Å². The third-order valence-corrected chi connectivity index (χ3v) is 5.95. The molecule has 0 saturated carbocycles. The number of carbonyl (C=O) groups is 2. The molecule has 2 aromatic rings. The van der Waals surface area contributed by atoms with E-state index in [1.807, 2.05) is 0 Å². The molecule has 2 rings (SSSR count). The highest BCUT2D eigenvalue weighted by Crippen LogP contribution is 2.31. The number of carbonyl (C=O) groups excluding carboxylic acids is 2. The molecule has 1 amide bonds. The summed E-state index contributed by atoms with van der Waals surface area (Å²) in [7, 11) is 4.17. The summed E-state index contributed by atoms with van der Waals surface area (Å²) in [6.07, 6.45) is 3.03. The SMILES string of the molecule is COC(=O)c1cc(F)c(NCCCNCCCCNCCCN)cc1NC(=O)OCc1cccc(OC)c1OC. The van der Waals surface area contributed by atoms with Gasteiger partial charge in [0, 0.05) is 12.1 Å². The Labute approximate surface area is 235 Å². The molecule has 2 aromatic carbocycles. The molecule has 0 atom stereocenters. The number of anilines is 2. The molecule has 0 heterocycles. The second kappa shape index (κ2) is 18.6. The quantitative estimate of drug-likeness (QED) is 0.127. The van der Waals surface area contributed by atoms with E-state index < -0.39 is 17.9 Å². The smallest absolute Gasteiger partial charge is 0.411 e. The fraction of sp³-hybridized carbons (Fsp3) is 0.500. The van der Waals surface area contributed by atoms with Crippen molar-refractivity contribution in [2.75, 3.05) is 71.2 Å². The number of rotatable bonds is 19. The Balaban J connectivity index is 1.89. The number of nitrogens with two attached hydrogens (primary N) is 1. The molecule has 0 radical (unpaired) electrons. The van der Waals surface area contributed by atoms with Crippen molar-refractivity contribution < 1.29 is 32.9 Å². The lowest BCUT2D eigenvalue weighted by Gasteiger charge is -2.15. The largest absolute Gasteiger partial charge is 0.493 e. The maximum absolute atomic E-state index is 14.7. The molecule has 0 spiro atoms. The second-order valence-electron chi connectivity index (χ2n) is 8.85. The van der Waals surface area contributed by atoms with Gasteiger partial charge in [0.25, 0.3) is 0 Å². The van der Waals surface area contributed by atoms with E-state index in [9.17, 15) is 14.0 Å². The Kier molecular flexibility index (Phi) is 15.2. The lowest BCUT2D eigenvalue weighted by atomic mass is 10.1. The molecule has 40 heavy (non-hydrogen) atoms. The Bertz CT molecular complexity index is 1070. The number of benzene rings is 2. The molecule has 0 aromatic heterocycles. The first-order valence-corrected chi connectivity index (χ1v) is 13.4. The Morgan fingerprint density at radius 2 is 1.57 bits per heavy atom. The number of para-hydroxylation sites is 1. The first-order chi connectivity index (χ1) is 19.4. The molecule has 0 unspecified atom stereocenters. The topological polar surface area (TPSA) is 145 Å². The van der Waals surface area contributed by atoms with E-state index in [-0.39, 0.29) is 23.5 Å². The number of unbranched alkanes of at least 4 members (excludes halogenated alkanes) is 1. The molecule has 0 aliphatic heterocycles. The van der Waals surface area contributed by atoms with Crippen LogP contribution in [0.2, 0.25) is 0 Å². The lowest BCUT2D eigenvalue weighted by molar-refractivity contribution is 0.0601. The minimum atomic E-state index is -0.841. The van der Waals surface area contributed by atoms with E-state index in [1.54, 1.807) is 18.2 Å². The predicted octanol–water partition coefficient (Wildman–Crippen LogP) is 3.49. The lowest BCUT2D eigenvalue weighted by Crippen LogP contribution is -2.22. The van der Waals surface area contributed by atoms with Gasteiger partial charge in [0.05, 0.1) is 38.3 Å². The number of halogens is 1. The molecule has 11 nitrogen and oxygen atoms in total. The number of methoxy groups -OCH3 is 3. The highest BCUT2D eigenvalue weighted by Gasteiger charge is 2.19. The van der Waals surface area contributed by atoms with Gasteiger partial charge in [0.15, 0.2) is 11.5 Å². The summed E-state index contributed by atoms with van der Waals surface area (Å²) in [6.45, 7) is 4.66. The fourth-order valence-corrected chi connectivity index (χ4v) is 3.86. The van der Waals surface area contributed by atoms with Gasteiger partial charge in [-0.1, -0.05) is 12.1 Å². The van der Waals surface area contributed by atoms with Gasteiger partial charge in [-0.3, -0.25) is 5.32 Å². The summed E-state index contributed by atoms with van der Waals surface area (Å²) in [5.74, 6) is -0.511. The minimum Gasteiger partial charge on any atom is -0.493 e. The highest BCUT2D eigenvalue weighted by molar-refractivity contribution is 6.00. The normalized spacial score (nSPS) is 10.6. The molecule has 0 aliphatic rings. The van der Waals surface area contributed by atoms with Crippen LogP contribution in [0.15, 0.2) is 30.3 Å². The third-order valence-electron chi connectivity index (χ3n) is 5.95. The van der Waals surface area contributed by atoms with Crippen LogP contribution in [-0.4, -0.2) is 72.7 Å². The molecule has 0 saturated heterocycles. The average Bonchev–Trinajstić information content (AvgIpc) is 2.97. The molecular weight excluding hydrogens is 521 g/mol. The van der Waals surface area contributed by atoms with Gasteiger partial charge < -0.3 is 40.6 Å². The van der Waals surface area contributed by atoms with Crippen LogP contribution in [0.4, 0.5) is 20.6 Å². The van der Waals surface area contributed by atoms with Crippen LogP contribution in [0.5, 0.6) is 11.5 Å². The molecule has 222 valence electrons. The van der Waals surface area contributed by atoms with Crippen LogP contribution in [0, 0.1) is 5.82 Å². The fourth-order valence-electron chi connectivity index (χ4n) is 3.86. The zero-order chi connectivity index (χ0) is 29.2.